The fraction of sp³-hybridized carbons (Fsp3) is 0.556. The molecular formula is C9H13N3O. The molecule has 1 unspecified atom stereocenters. The summed E-state index contributed by atoms with van der Waals surface area (Å²) >= 11 is 0. The Hall–Kier alpha value is -1.32. The van der Waals surface area contributed by atoms with Crippen molar-refractivity contribution in [2.24, 2.45) is 5.73 Å². The zero-order valence-electron chi connectivity index (χ0n) is 7.44. The van der Waals surface area contributed by atoms with Gasteiger partial charge >= 0.3 is 0 Å². The quantitative estimate of drug-likeness (QED) is 0.724. The fourth-order valence-corrected chi connectivity index (χ4v) is 1.96. The summed E-state index contributed by atoms with van der Waals surface area (Å²) in [5, 5.41) is 0. The van der Waals surface area contributed by atoms with Gasteiger partial charge in [0.2, 0.25) is 5.91 Å². The van der Waals surface area contributed by atoms with Crippen molar-refractivity contribution in [1.29, 1.82) is 0 Å². The van der Waals surface area contributed by atoms with Crippen LogP contribution in [0.2, 0.25) is 0 Å². The average Bonchev–Trinajstić information content (AvgIpc) is 2.51. The number of rotatable bonds is 2. The third-order valence-electron chi connectivity index (χ3n) is 2.56. The molecule has 2 heterocycles. The van der Waals surface area contributed by atoms with Gasteiger partial charge in [0.05, 0.1) is 6.33 Å². The third kappa shape index (κ3) is 1.56. The summed E-state index contributed by atoms with van der Waals surface area (Å²) in [5.41, 5.74) is 6.34. The molecule has 70 valence electrons. The van der Waals surface area contributed by atoms with Gasteiger partial charge in [0.1, 0.15) is 0 Å². The summed E-state index contributed by atoms with van der Waals surface area (Å²) in [7, 11) is 0. The van der Waals surface area contributed by atoms with Gasteiger partial charge < -0.3 is 10.3 Å². The van der Waals surface area contributed by atoms with Gasteiger partial charge in [-0.15, -0.1) is 0 Å². The molecule has 0 saturated carbocycles. The van der Waals surface area contributed by atoms with Crippen LogP contribution in [0, 0.1) is 0 Å². The maximum atomic E-state index is 10.8. The van der Waals surface area contributed by atoms with Crippen molar-refractivity contribution in [1.82, 2.24) is 9.55 Å². The van der Waals surface area contributed by atoms with Crippen LogP contribution in [0.25, 0.3) is 0 Å². The predicted octanol–water partition coefficient (Wildman–Crippen LogP) is 0.636. The molecule has 0 spiro atoms. The first-order valence-corrected chi connectivity index (χ1v) is 4.55. The Bertz CT molecular complexity index is 318. The number of fused-ring (bicyclic) bond motifs is 1. The molecule has 1 aliphatic rings. The zero-order valence-corrected chi connectivity index (χ0v) is 7.44. The summed E-state index contributed by atoms with van der Waals surface area (Å²) in [6, 6.07) is 0. The van der Waals surface area contributed by atoms with E-state index in [4.69, 9.17) is 5.73 Å². The molecule has 0 radical (unpaired) electrons. The Morgan fingerprint density at radius 1 is 1.77 bits per heavy atom. The molecular weight excluding hydrogens is 166 g/mol. The van der Waals surface area contributed by atoms with Crippen LogP contribution in [-0.4, -0.2) is 15.5 Å². The monoisotopic (exact) mass is 179 g/mol. The molecule has 1 aliphatic heterocycles. The van der Waals surface area contributed by atoms with Crippen LogP contribution in [0.5, 0.6) is 0 Å². The van der Waals surface area contributed by atoms with E-state index in [0.717, 1.165) is 25.1 Å². The van der Waals surface area contributed by atoms with Crippen LogP contribution >= 0.6 is 0 Å². The molecule has 0 saturated heterocycles. The maximum Gasteiger partial charge on any atom is 0.218 e. The van der Waals surface area contributed by atoms with Crippen LogP contribution < -0.4 is 5.73 Å². The van der Waals surface area contributed by atoms with Crippen molar-refractivity contribution in [3.05, 3.63) is 18.2 Å². The van der Waals surface area contributed by atoms with Crippen LogP contribution in [0.1, 0.15) is 30.9 Å². The first kappa shape index (κ1) is 8.29. The number of aromatic nitrogens is 2. The van der Waals surface area contributed by atoms with Gasteiger partial charge in [-0.3, -0.25) is 4.79 Å². The molecule has 4 heteroatoms. The molecule has 0 aromatic carbocycles. The van der Waals surface area contributed by atoms with Gasteiger partial charge in [-0.25, -0.2) is 4.98 Å². The van der Waals surface area contributed by atoms with Gasteiger partial charge in [-0.2, -0.15) is 0 Å². The van der Waals surface area contributed by atoms with E-state index in [0.29, 0.717) is 6.42 Å². The lowest BCUT2D eigenvalue weighted by atomic mass is 9.93. The highest BCUT2D eigenvalue weighted by atomic mass is 16.1. The highest BCUT2D eigenvalue weighted by Crippen LogP contribution is 2.28. The molecule has 0 bridgehead atoms. The minimum absolute atomic E-state index is 0.223. The smallest absolute Gasteiger partial charge is 0.218 e. The number of hydrogen-bond donors (Lipinski definition) is 1. The van der Waals surface area contributed by atoms with Gasteiger partial charge in [0.15, 0.2) is 0 Å². The number of aryl methyl sites for hydroxylation is 1. The summed E-state index contributed by atoms with van der Waals surface area (Å²) in [6.07, 6.45) is 6.27. The van der Waals surface area contributed by atoms with Gasteiger partial charge in [0.25, 0.3) is 0 Å². The predicted molar refractivity (Wildman–Crippen MR) is 48.0 cm³/mol. The van der Waals surface area contributed by atoms with Crippen LogP contribution in [0.3, 0.4) is 0 Å². The topological polar surface area (TPSA) is 60.9 Å². The molecule has 0 fully saturated rings. The van der Waals surface area contributed by atoms with Crippen LogP contribution in [0.15, 0.2) is 12.5 Å². The summed E-state index contributed by atoms with van der Waals surface area (Å²) in [6.45, 7) is 1.02. The number of amides is 1. The highest BCUT2D eigenvalue weighted by molar-refractivity contribution is 5.74. The Morgan fingerprint density at radius 3 is 3.38 bits per heavy atom. The lowest BCUT2D eigenvalue weighted by molar-refractivity contribution is -0.118. The molecule has 4 nitrogen and oxygen atoms in total. The van der Waals surface area contributed by atoms with E-state index in [1.54, 1.807) is 0 Å². The third-order valence-corrected chi connectivity index (χ3v) is 2.56. The van der Waals surface area contributed by atoms with E-state index < -0.39 is 0 Å². The van der Waals surface area contributed by atoms with Crippen molar-refractivity contribution in [3.8, 4) is 0 Å². The van der Waals surface area contributed by atoms with E-state index in [1.807, 2.05) is 12.5 Å². The first-order valence-electron chi connectivity index (χ1n) is 4.55. The van der Waals surface area contributed by atoms with Gasteiger partial charge in [-0.05, 0) is 12.8 Å². The first-order chi connectivity index (χ1) is 6.27. The van der Waals surface area contributed by atoms with E-state index in [2.05, 4.69) is 9.55 Å². The molecule has 0 aliphatic carbocycles. The number of nitrogens with two attached hydrogens (primary N) is 1. The molecule has 1 amide bonds. The van der Waals surface area contributed by atoms with E-state index >= 15 is 0 Å². The normalized spacial score (nSPS) is 21.1. The van der Waals surface area contributed by atoms with E-state index in [9.17, 15) is 4.79 Å². The van der Waals surface area contributed by atoms with Crippen molar-refractivity contribution in [2.75, 3.05) is 0 Å². The molecule has 1 aromatic rings. The maximum absolute atomic E-state index is 10.8. The minimum Gasteiger partial charge on any atom is -0.370 e. The van der Waals surface area contributed by atoms with Gasteiger partial charge in [0, 0.05) is 30.8 Å². The lowest BCUT2D eigenvalue weighted by Crippen LogP contribution is -2.20. The SMILES string of the molecule is NC(=O)CC1CCCn2cncc21. The van der Waals surface area contributed by atoms with E-state index in [1.165, 1.54) is 0 Å². The molecule has 2 N–H and O–H groups in total. The number of primary amides is 1. The average molecular weight is 179 g/mol. The van der Waals surface area contributed by atoms with E-state index in [-0.39, 0.29) is 11.8 Å². The van der Waals surface area contributed by atoms with Crippen molar-refractivity contribution >= 4 is 5.91 Å². The Labute approximate surface area is 76.8 Å². The van der Waals surface area contributed by atoms with Crippen LogP contribution in [0.4, 0.5) is 0 Å². The second-order valence-corrected chi connectivity index (χ2v) is 3.52. The van der Waals surface area contributed by atoms with Crippen LogP contribution in [-0.2, 0) is 11.3 Å². The van der Waals surface area contributed by atoms with Crippen molar-refractivity contribution in [2.45, 2.75) is 31.7 Å². The zero-order chi connectivity index (χ0) is 9.26. The number of hydrogen-bond acceptors (Lipinski definition) is 2. The minimum atomic E-state index is -0.223. The Morgan fingerprint density at radius 2 is 2.62 bits per heavy atom. The molecule has 1 aromatic heterocycles. The number of carbonyl (C=O) groups excluding carboxylic acids is 1. The standard InChI is InChI=1S/C9H13N3O/c10-9(13)4-7-2-1-3-12-6-11-5-8(7)12/h5-7H,1-4H2,(H2,10,13). The fourth-order valence-electron chi connectivity index (χ4n) is 1.96. The second kappa shape index (κ2) is 3.20. The molecule has 1 atom stereocenters. The molecule has 2 rings (SSSR count). The summed E-state index contributed by atoms with van der Waals surface area (Å²) < 4.78 is 2.11. The number of imidazole rings is 1. The highest BCUT2D eigenvalue weighted by Gasteiger charge is 2.21. The van der Waals surface area contributed by atoms with Crippen molar-refractivity contribution in [3.63, 3.8) is 0 Å². The van der Waals surface area contributed by atoms with Crippen molar-refractivity contribution < 1.29 is 4.79 Å². The largest absolute Gasteiger partial charge is 0.370 e. The Balaban J connectivity index is 2.20. The number of carbonyl (C=O) groups is 1. The number of nitrogens with zero attached hydrogens (tertiary/aromatic N) is 2. The second-order valence-electron chi connectivity index (χ2n) is 3.52. The van der Waals surface area contributed by atoms with Gasteiger partial charge in [-0.1, -0.05) is 0 Å². The molecule has 13 heavy (non-hydrogen) atoms. The Kier molecular flexibility index (Phi) is 2.04. The lowest BCUT2D eigenvalue weighted by Gasteiger charge is -2.22. The summed E-state index contributed by atoms with van der Waals surface area (Å²) in [4.78, 5) is 14.9. The summed E-state index contributed by atoms with van der Waals surface area (Å²) in [5.74, 6) is 0.0633.